The molecule has 120 valence electrons. The Hall–Kier alpha value is -0.120. The summed E-state index contributed by atoms with van der Waals surface area (Å²) in [5, 5.41) is 6.49. The zero-order valence-electron chi connectivity index (χ0n) is 12.5. The average molecular weight is 401 g/mol. The van der Waals surface area contributed by atoms with Crippen LogP contribution in [0.1, 0.15) is 19.3 Å². The summed E-state index contributed by atoms with van der Waals surface area (Å²) in [7, 11) is 3.49. The Bertz CT molecular complexity index is 249. The van der Waals surface area contributed by atoms with Crippen molar-refractivity contribution in [2.45, 2.75) is 25.4 Å². The lowest BCUT2D eigenvalue weighted by atomic mass is 10.3. The number of ether oxygens (including phenoxy) is 3. The number of aliphatic imine (C=N–C) groups is 1. The SMILES string of the molecule is CN=C(NCCCOC)NCCCOC1CCOC1.I. The maximum atomic E-state index is 5.69. The van der Waals surface area contributed by atoms with Crippen molar-refractivity contribution >= 4 is 29.9 Å². The van der Waals surface area contributed by atoms with E-state index in [-0.39, 0.29) is 24.0 Å². The largest absolute Gasteiger partial charge is 0.385 e. The van der Waals surface area contributed by atoms with Gasteiger partial charge in [-0.15, -0.1) is 24.0 Å². The van der Waals surface area contributed by atoms with E-state index in [0.29, 0.717) is 6.10 Å². The molecule has 1 unspecified atom stereocenters. The molecule has 1 atom stereocenters. The van der Waals surface area contributed by atoms with Gasteiger partial charge >= 0.3 is 0 Å². The third kappa shape index (κ3) is 9.73. The molecule has 0 bridgehead atoms. The molecule has 0 aromatic rings. The van der Waals surface area contributed by atoms with Crippen LogP contribution in [0.3, 0.4) is 0 Å². The summed E-state index contributed by atoms with van der Waals surface area (Å²) in [5.41, 5.74) is 0. The lowest BCUT2D eigenvalue weighted by molar-refractivity contribution is 0.0420. The fourth-order valence-electron chi connectivity index (χ4n) is 1.82. The van der Waals surface area contributed by atoms with Crippen LogP contribution in [0.15, 0.2) is 4.99 Å². The second-order valence-electron chi connectivity index (χ2n) is 4.48. The molecule has 1 fully saturated rings. The van der Waals surface area contributed by atoms with E-state index in [1.165, 1.54) is 0 Å². The number of guanidine groups is 1. The quantitative estimate of drug-likeness (QED) is 0.261. The zero-order valence-corrected chi connectivity index (χ0v) is 14.9. The fourth-order valence-corrected chi connectivity index (χ4v) is 1.82. The third-order valence-electron chi connectivity index (χ3n) is 2.90. The summed E-state index contributed by atoms with van der Waals surface area (Å²) in [6, 6.07) is 0. The third-order valence-corrected chi connectivity index (χ3v) is 2.90. The van der Waals surface area contributed by atoms with E-state index in [1.54, 1.807) is 14.2 Å². The summed E-state index contributed by atoms with van der Waals surface area (Å²) in [6.45, 7) is 4.83. The van der Waals surface area contributed by atoms with Gasteiger partial charge in [0.2, 0.25) is 0 Å². The van der Waals surface area contributed by atoms with Crippen LogP contribution in [-0.4, -0.2) is 65.7 Å². The van der Waals surface area contributed by atoms with Gasteiger partial charge in [0.25, 0.3) is 0 Å². The molecule has 1 heterocycles. The van der Waals surface area contributed by atoms with Crippen molar-refractivity contribution < 1.29 is 14.2 Å². The predicted octanol–water partition coefficient (Wildman–Crippen LogP) is 1.00. The van der Waals surface area contributed by atoms with Gasteiger partial charge in [-0.3, -0.25) is 4.99 Å². The smallest absolute Gasteiger partial charge is 0.190 e. The lowest BCUT2D eigenvalue weighted by Gasteiger charge is -2.13. The van der Waals surface area contributed by atoms with E-state index < -0.39 is 0 Å². The minimum Gasteiger partial charge on any atom is -0.385 e. The van der Waals surface area contributed by atoms with E-state index in [2.05, 4.69) is 15.6 Å². The standard InChI is InChI=1S/C13H27N3O3.HI/c1-14-13(15-6-3-8-17-2)16-7-4-9-19-12-5-10-18-11-12;/h12H,3-11H2,1-2H3,(H2,14,15,16);1H. The van der Waals surface area contributed by atoms with Crippen LogP contribution in [0.5, 0.6) is 0 Å². The first kappa shape index (κ1) is 19.9. The first-order valence-electron chi connectivity index (χ1n) is 6.99. The first-order chi connectivity index (χ1) is 9.36. The van der Waals surface area contributed by atoms with Gasteiger partial charge in [0, 0.05) is 47.1 Å². The predicted molar refractivity (Wildman–Crippen MR) is 91.1 cm³/mol. The molecule has 1 saturated heterocycles. The van der Waals surface area contributed by atoms with Crippen LogP contribution in [0.2, 0.25) is 0 Å². The van der Waals surface area contributed by atoms with Crippen LogP contribution < -0.4 is 10.6 Å². The van der Waals surface area contributed by atoms with Gasteiger partial charge in [-0.1, -0.05) is 0 Å². The fraction of sp³-hybridized carbons (Fsp3) is 0.923. The van der Waals surface area contributed by atoms with Crippen molar-refractivity contribution in [1.82, 2.24) is 10.6 Å². The minimum absolute atomic E-state index is 0. The number of rotatable bonds is 9. The molecular weight excluding hydrogens is 373 g/mol. The van der Waals surface area contributed by atoms with E-state index >= 15 is 0 Å². The molecule has 7 heteroatoms. The van der Waals surface area contributed by atoms with Crippen molar-refractivity contribution in [3.05, 3.63) is 0 Å². The van der Waals surface area contributed by atoms with Gasteiger partial charge in [-0.2, -0.15) is 0 Å². The van der Waals surface area contributed by atoms with Crippen LogP contribution in [0, 0.1) is 0 Å². The summed E-state index contributed by atoms with van der Waals surface area (Å²) in [6.07, 6.45) is 3.26. The second-order valence-corrected chi connectivity index (χ2v) is 4.48. The van der Waals surface area contributed by atoms with Crippen molar-refractivity contribution in [2.75, 3.05) is 53.7 Å². The van der Waals surface area contributed by atoms with Gasteiger partial charge in [-0.25, -0.2) is 0 Å². The number of halogens is 1. The maximum absolute atomic E-state index is 5.69. The van der Waals surface area contributed by atoms with E-state index in [4.69, 9.17) is 14.2 Å². The Morgan fingerprint density at radius 2 is 1.95 bits per heavy atom. The highest BCUT2D eigenvalue weighted by atomic mass is 127. The normalized spacial score (nSPS) is 18.7. The highest BCUT2D eigenvalue weighted by molar-refractivity contribution is 14.0. The van der Waals surface area contributed by atoms with Crippen molar-refractivity contribution in [3.63, 3.8) is 0 Å². The number of hydrogen-bond acceptors (Lipinski definition) is 4. The summed E-state index contributed by atoms with van der Waals surface area (Å²) < 4.78 is 15.9. The molecule has 1 aliphatic heterocycles. The number of methoxy groups -OCH3 is 1. The molecule has 0 amide bonds. The number of nitrogens with one attached hydrogen (secondary N) is 2. The highest BCUT2D eigenvalue weighted by Crippen LogP contribution is 2.07. The summed E-state index contributed by atoms with van der Waals surface area (Å²) in [5.74, 6) is 0.834. The maximum Gasteiger partial charge on any atom is 0.190 e. The molecule has 0 aromatic heterocycles. The topological polar surface area (TPSA) is 64.1 Å². The Morgan fingerprint density at radius 3 is 2.50 bits per heavy atom. The molecule has 0 radical (unpaired) electrons. The molecule has 2 N–H and O–H groups in total. The number of hydrogen-bond donors (Lipinski definition) is 2. The Balaban J connectivity index is 0.00000361. The van der Waals surface area contributed by atoms with Gasteiger partial charge in [0.05, 0.1) is 12.7 Å². The minimum atomic E-state index is 0. The zero-order chi connectivity index (χ0) is 13.8. The van der Waals surface area contributed by atoms with Crippen molar-refractivity contribution in [2.24, 2.45) is 4.99 Å². The molecule has 0 spiro atoms. The van der Waals surface area contributed by atoms with Crippen molar-refractivity contribution in [3.8, 4) is 0 Å². The van der Waals surface area contributed by atoms with Gasteiger partial charge < -0.3 is 24.8 Å². The van der Waals surface area contributed by atoms with Gasteiger partial charge in [0.15, 0.2) is 5.96 Å². The summed E-state index contributed by atoms with van der Waals surface area (Å²) >= 11 is 0. The van der Waals surface area contributed by atoms with E-state index in [9.17, 15) is 0 Å². The molecule has 0 saturated carbocycles. The second kappa shape index (κ2) is 13.8. The molecular formula is C13H28IN3O3. The molecule has 0 aromatic carbocycles. The van der Waals surface area contributed by atoms with Crippen LogP contribution in [-0.2, 0) is 14.2 Å². The Kier molecular flexibility index (Phi) is 13.8. The Labute approximate surface area is 139 Å². The van der Waals surface area contributed by atoms with Crippen LogP contribution >= 0.6 is 24.0 Å². The van der Waals surface area contributed by atoms with Gasteiger partial charge in [-0.05, 0) is 19.3 Å². The molecule has 1 aliphatic rings. The van der Waals surface area contributed by atoms with Gasteiger partial charge in [0.1, 0.15) is 0 Å². The molecule has 6 nitrogen and oxygen atoms in total. The van der Waals surface area contributed by atoms with Crippen LogP contribution in [0.4, 0.5) is 0 Å². The monoisotopic (exact) mass is 401 g/mol. The lowest BCUT2D eigenvalue weighted by Crippen LogP contribution is -2.38. The average Bonchev–Trinajstić information content (AvgIpc) is 2.94. The highest BCUT2D eigenvalue weighted by Gasteiger charge is 2.15. The summed E-state index contributed by atoms with van der Waals surface area (Å²) in [4.78, 5) is 4.15. The number of nitrogens with zero attached hydrogens (tertiary/aromatic N) is 1. The molecule has 0 aliphatic carbocycles. The first-order valence-corrected chi connectivity index (χ1v) is 6.99. The molecule has 20 heavy (non-hydrogen) atoms. The van der Waals surface area contributed by atoms with Crippen LogP contribution in [0.25, 0.3) is 0 Å². The Morgan fingerprint density at radius 1 is 1.25 bits per heavy atom. The van der Waals surface area contributed by atoms with E-state index in [1.807, 2.05) is 0 Å². The van der Waals surface area contributed by atoms with Crippen molar-refractivity contribution in [1.29, 1.82) is 0 Å². The molecule has 1 rings (SSSR count). The van der Waals surface area contributed by atoms with E-state index in [0.717, 1.165) is 64.7 Å².